The van der Waals surface area contributed by atoms with E-state index < -0.39 is 34.8 Å². The summed E-state index contributed by atoms with van der Waals surface area (Å²) in [7, 11) is 0.922. The average Bonchev–Trinajstić information content (AvgIpc) is 2.25. The van der Waals surface area contributed by atoms with E-state index in [9.17, 15) is 31.4 Å². The monoisotopic (exact) mass is 288 g/mol. The van der Waals surface area contributed by atoms with Crippen molar-refractivity contribution in [2.45, 2.75) is 24.9 Å². The molecule has 0 aromatic heterocycles. The van der Waals surface area contributed by atoms with E-state index in [1.807, 2.05) is 0 Å². The lowest BCUT2D eigenvalue weighted by molar-refractivity contribution is -0.259. The van der Waals surface area contributed by atoms with E-state index in [2.05, 4.69) is 4.74 Å². The highest BCUT2D eigenvalue weighted by atomic mass is 19.4. The van der Waals surface area contributed by atoms with Crippen molar-refractivity contribution in [3.63, 3.8) is 0 Å². The summed E-state index contributed by atoms with van der Waals surface area (Å²) in [5.41, 5.74) is -5.25. The van der Waals surface area contributed by atoms with Crippen molar-refractivity contribution in [2.75, 3.05) is 7.11 Å². The first-order valence-electron chi connectivity index (χ1n) is 4.96. The molecule has 0 saturated heterocycles. The minimum atomic E-state index is -5.04. The van der Waals surface area contributed by atoms with Crippen LogP contribution in [0, 0.1) is 0 Å². The second kappa shape index (κ2) is 4.59. The third-order valence-corrected chi connectivity index (χ3v) is 2.61. The van der Waals surface area contributed by atoms with Gasteiger partial charge < -0.3 is 9.84 Å². The lowest BCUT2D eigenvalue weighted by atomic mass is 9.93. The molecule has 108 valence electrons. The average molecular weight is 288 g/mol. The number of benzene rings is 1. The summed E-state index contributed by atoms with van der Waals surface area (Å²) in [6.07, 6.45) is -9.75. The van der Waals surface area contributed by atoms with Crippen LogP contribution in [0.15, 0.2) is 18.2 Å². The molecule has 1 N–H and O–H groups in total. The Hall–Kier alpha value is -1.44. The van der Waals surface area contributed by atoms with Crippen LogP contribution in [0.5, 0.6) is 5.75 Å². The number of methoxy groups -OCH3 is 1. The molecule has 0 spiro atoms. The molecule has 0 aliphatic rings. The molecular weight excluding hydrogens is 278 g/mol. The number of hydrogen-bond acceptors (Lipinski definition) is 2. The Bertz CT molecular complexity index is 461. The number of ether oxygens (including phenoxy) is 1. The van der Waals surface area contributed by atoms with E-state index in [0.717, 1.165) is 7.11 Å². The van der Waals surface area contributed by atoms with Crippen molar-refractivity contribution in [2.24, 2.45) is 0 Å². The highest BCUT2D eigenvalue weighted by Gasteiger charge is 2.52. The van der Waals surface area contributed by atoms with Crippen LogP contribution in [0.1, 0.15) is 18.1 Å². The van der Waals surface area contributed by atoms with Crippen molar-refractivity contribution in [1.29, 1.82) is 0 Å². The van der Waals surface area contributed by atoms with Crippen LogP contribution in [0.3, 0.4) is 0 Å². The molecule has 8 heteroatoms. The van der Waals surface area contributed by atoms with Crippen molar-refractivity contribution in [3.05, 3.63) is 29.3 Å². The molecule has 1 aromatic carbocycles. The van der Waals surface area contributed by atoms with Crippen LogP contribution in [-0.4, -0.2) is 18.4 Å². The molecule has 0 fully saturated rings. The smallest absolute Gasteiger partial charge is 0.421 e. The van der Waals surface area contributed by atoms with Gasteiger partial charge in [0.2, 0.25) is 0 Å². The molecule has 0 saturated carbocycles. The molecule has 0 bridgehead atoms. The first kappa shape index (κ1) is 15.6. The topological polar surface area (TPSA) is 29.5 Å². The van der Waals surface area contributed by atoms with Crippen molar-refractivity contribution < 1.29 is 36.2 Å². The molecule has 1 unspecified atom stereocenters. The molecule has 1 aromatic rings. The van der Waals surface area contributed by atoms with Gasteiger partial charge in [-0.05, 0) is 19.1 Å². The summed E-state index contributed by atoms with van der Waals surface area (Å²) in [5.74, 6) is -0.683. The Morgan fingerprint density at radius 2 is 1.58 bits per heavy atom. The maximum absolute atomic E-state index is 12.6. The van der Waals surface area contributed by atoms with Crippen LogP contribution in [0.4, 0.5) is 26.3 Å². The third kappa shape index (κ3) is 2.94. The van der Waals surface area contributed by atoms with Gasteiger partial charge in [0.15, 0.2) is 5.60 Å². The van der Waals surface area contributed by atoms with E-state index in [4.69, 9.17) is 0 Å². The van der Waals surface area contributed by atoms with Gasteiger partial charge in [-0.25, -0.2) is 0 Å². The van der Waals surface area contributed by atoms with E-state index >= 15 is 0 Å². The molecule has 1 atom stereocenters. The zero-order chi connectivity index (χ0) is 15.1. The first-order chi connectivity index (χ1) is 8.41. The van der Waals surface area contributed by atoms with Gasteiger partial charge in [0.05, 0.1) is 12.7 Å². The highest BCUT2D eigenvalue weighted by molar-refractivity contribution is 5.42. The van der Waals surface area contributed by atoms with E-state index in [-0.39, 0.29) is 0 Å². The molecule has 19 heavy (non-hydrogen) atoms. The zero-order valence-corrected chi connectivity index (χ0v) is 9.86. The predicted molar refractivity (Wildman–Crippen MR) is 53.6 cm³/mol. The minimum Gasteiger partial charge on any atom is -0.496 e. The van der Waals surface area contributed by atoms with Gasteiger partial charge in [-0.15, -0.1) is 0 Å². The maximum atomic E-state index is 12.6. The van der Waals surface area contributed by atoms with Gasteiger partial charge in [0.25, 0.3) is 0 Å². The highest BCUT2D eigenvalue weighted by Crippen LogP contribution is 2.43. The van der Waals surface area contributed by atoms with Crippen LogP contribution >= 0.6 is 0 Å². The van der Waals surface area contributed by atoms with Gasteiger partial charge in [-0.2, -0.15) is 26.3 Å². The van der Waals surface area contributed by atoms with Crippen LogP contribution in [-0.2, 0) is 11.8 Å². The van der Waals surface area contributed by atoms with Crippen LogP contribution in [0.2, 0.25) is 0 Å². The zero-order valence-electron chi connectivity index (χ0n) is 9.86. The number of alkyl halides is 6. The van der Waals surface area contributed by atoms with E-state index in [1.54, 1.807) is 0 Å². The molecule has 0 amide bonds. The lowest BCUT2D eigenvalue weighted by Crippen LogP contribution is -2.39. The quantitative estimate of drug-likeness (QED) is 0.844. The summed E-state index contributed by atoms with van der Waals surface area (Å²) < 4.78 is 79.7. The summed E-state index contributed by atoms with van der Waals surface area (Å²) in [6.45, 7) is 0.443. The fourth-order valence-electron chi connectivity index (χ4n) is 1.42. The minimum absolute atomic E-state index is 0.412. The molecule has 2 nitrogen and oxygen atoms in total. The van der Waals surface area contributed by atoms with E-state index in [0.29, 0.717) is 25.1 Å². The summed E-state index contributed by atoms with van der Waals surface area (Å²) in [5, 5.41) is 9.44. The summed E-state index contributed by atoms with van der Waals surface area (Å²) >= 11 is 0. The number of halogens is 6. The Morgan fingerprint density at radius 1 is 1.05 bits per heavy atom. The Kier molecular flexibility index (Phi) is 3.77. The largest absolute Gasteiger partial charge is 0.496 e. The van der Waals surface area contributed by atoms with Gasteiger partial charge in [0.1, 0.15) is 5.75 Å². The maximum Gasteiger partial charge on any atom is 0.421 e. The normalized spacial score (nSPS) is 16.1. The van der Waals surface area contributed by atoms with Crippen molar-refractivity contribution in [1.82, 2.24) is 0 Å². The first-order valence-corrected chi connectivity index (χ1v) is 4.96. The molecular formula is C11H10F6O2. The second-order valence-electron chi connectivity index (χ2n) is 3.98. The van der Waals surface area contributed by atoms with Crippen LogP contribution in [0.25, 0.3) is 0 Å². The van der Waals surface area contributed by atoms with Crippen molar-refractivity contribution in [3.8, 4) is 5.75 Å². The fourth-order valence-corrected chi connectivity index (χ4v) is 1.42. The second-order valence-corrected chi connectivity index (χ2v) is 3.98. The van der Waals surface area contributed by atoms with E-state index in [1.165, 1.54) is 0 Å². The predicted octanol–water partition coefficient (Wildman–Crippen LogP) is 3.48. The van der Waals surface area contributed by atoms with Gasteiger partial charge >= 0.3 is 12.4 Å². The summed E-state index contributed by atoms with van der Waals surface area (Å²) in [6, 6.07) is 1.42. The Balaban J connectivity index is 3.40. The van der Waals surface area contributed by atoms with Crippen molar-refractivity contribution >= 4 is 0 Å². The molecule has 0 aliphatic carbocycles. The Morgan fingerprint density at radius 3 is 1.95 bits per heavy atom. The molecule has 0 radical (unpaired) electrons. The number of aliphatic hydroxyl groups is 1. The fraction of sp³-hybridized carbons (Fsp3) is 0.455. The van der Waals surface area contributed by atoms with Gasteiger partial charge in [-0.3, -0.25) is 0 Å². The lowest BCUT2D eigenvalue weighted by Gasteiger charge is -2.28. The SMILES string of the molecule is COc1cc(C(F)(F)F)ccc1C(C)(O)C(F)(F)F. The standard InChI is InChI=1S/C11H10F6O2/c1-9(18,11(15,16)17)7-4-3-6(10(12,13)14)5-8(7)19-2/h3-5,18H,1-2H3. The number of hydrogen-bond donors (Lipinski definition) is 1. The van der Waals surface area contributed by atoms with Gasteiger partial charge in [0, 0.05) is 5.56 Å². The van der Waals surface area contributed by atoms with Crippen LogP contribution < -0.4 is 4.74 Å². The van der Waals surface area contributed by atoms with Gasteiger partial charge in [-0.1, -0.05) is 6.07 Å². The molecule has 0 aliphatic heterocycles. The number of rotatable bonds is 2. The molecule has 1 rings (SSSR count). The third-order valence-electron chi connectivity index (χ3n) is 2.61. The molecule has 0 heterocycles. The Labute approximate surface area is 104 Å². The summed E-state index contributed by atoms with van der Waals surface area (Å²) in [4.78, 5) is 0.